The monoisotopic (exact) mass is 369 g/mol. The molecular weight excluding hydrogens is 344 g/mol. The molecule has 0 aliphatic rings. The van der Waals surface area contributed by atoms with Crippen molar-refractivity contribution in [1.82, 2.24) is 10.2 Å². The number of carbonyl (C=O) groups is 2. The molecule has 0 aliphatic carbocycles. The Morgan fingerprint density at radius 3 is 2.33 bits per heavy atom. The molecular formula is C21H25N2O4-. The van der Waals surface area contributed by atoms with Crippen molar-refractivity contribution in [2.75, 3.05) is 13.7 Å². The van der Waals surface area contributed by atoms with Crippen molar-refractivity contribution >= 4 is 12.0 Å². The van der Waals surface area contributed by atoms with E-state index in [1.54, 1.807) is 14.0 Å². The van der Waals surface area contributed by atoms with Gasteiger partial charge in [0.25, 0.3) is 0 Å². The summed E-state index contributed by atoms with van der Waals surface area (Å²) in [6.45, 7) is 2.16. The fraction of sp³-hybridized carbons (Fsp3) is 0.333. The van der Waals surface area contributed by atoms with Crippen molar-refractivity contribution < 1.29 is 19.4 Å². The molecule has 2 rings (SSSR count). The number of aryl methyl sites for hydroxylation is 1. The zero-order valence-corrected chi connectivity index (χ0v) is 15.7. The molecule has 0 bridgehead atoms. The van der Waals surface area contributed by atoms with Gasteiger partial charge in [0, 0.05) is 13.1 Å². The number of benzene rings is 2. The van der Waals surface area contributed by atoms with E-state index in [2.05, 4.69) is 5.32 Å². The van der Waals surface area contributed by atoms with Gasteiger partial charge >= 0.3 is 0 Å². The third-order valence-electron chi connectivity index (χ3n) is 4.38. The maximum Gasteiger partial charge on any atom is 0.242 e. The van der Waals surface area contributed by atoms with E-state index in [9.17, 15) is 14.7 Å². The molecule has 0 aromatic heterocycles. The van der Waals surface area contributed by atoms with Gasteiger partial charge in [0.15, 0.2) is 0 Å². The van der Waals surface area contributed by atoms with Gasteiger partial charge < -0.3 is 24.9 Å². The van der Waals surface area contributed by atoms with Crippen LogP contribution in [0, 0.1) is 0 Å². The fourth-order valence-corrected chi connectivity index (χ4v) is 2.73. The Labute approximate surface area is 159 Å². The van der Waals surface area contributed by atoms with Crippen molar-refractivity contribution in [3.63, 3.8) is 0 Å². The number of carboxylic acid groups (broad SMARTS) is 1. The largest absolute Gasteiger partial charge is 0.530 e. The zero-order valence-electron chi connectivity index (χ0n) is 15.7. The van der Waals surface area contributed by atoms with Gasteiger partial charge in [0.1, 0.15) is 17.9 Å². The third kappa shape index (κ3) is 6.33. The van der Waals surface area contributed by atoms with Gasteiger partial charge in [-0.3, -0.25) is 4.79 Å². The number of hydrogen-bond acceptors (Lipinski definition) is 4. The van der Waals surface area contributed by atoms with Crippen molar-refractivity contribution in [3.05, 3.63) is 65.7 Å². The van der Waals surface area contributed by atoms with Crippen LogP contribution in [-0.2, 0) is 17.8 Å². The summed E-state index contributed by atoms with van der Waals surface area (Å²) in [4.78, 5) is 24.8. The Morgan fingerprint density at radius 2 is 1.74 bits per heavy atom. The number of amides is 2. The summed E-state index contributed by atoms with van der Waals surface area (Å²) in [5, 5.41) is 14.2. The molecule has 0 fully saturated rings. The van der Waals surface area contributed by atoms with Gasteiger partial charge in [-0.15, -0.1) is 0 Å². The van der Waals surface area contributed by atoms with Gasteiger partial charge in [0.05, 0.1) is 7.11 Å². The second-order valence-corrected chi connectivity index (χ2v) is 6.30. The van der Waals surface area contributed by atoms with Crippen LogP contribution in [0.5, 0.6) is 5.75 Å². The molecule has 1 N–H and O–H groups in total. The minimum atomic E-state index is -1.36. The first-order chi connectivity index (χ1) is 13.0. The van der Waals surface area contributed by atoms with Gasteiger partial charge in [-0.05, 0) is 43.0 Å². The van der Waals surface area contributed by atoms with E-state index in [1.165, 1.54) is 0 Å². The van der Waals surface area contributed by atoms with Gasteiger partial charge in [-0.1, -0.05) is 42.5 Å². The van der Waals surface area contributed by atoms with Crippen LogP contribution in [0.15, 0.2) is 54.6 Å². The van der Waals surface area contributed by atoms with Crippen LogP contribution in [0.4, 0.5) is 4.79 Å². The molecule has 0 heterocycles. The predicted molar refractivity (Wildman–Crippen MR) is 101 cm³/mol. The normalized spacial score (nSPS) is 11.5. The molecule has 0 saturated heterocycles. The zero-order chi connectivity index (χ0) is 19.6. The number of hydrogen-bond donors (Lipinski definition) is 1. The minimum absolute atomic E-state index is 0.115. The molecule has 0 aliphatic heterocycles. The lowest BCUT2D eigenvalue weighted by atomic mass is 10.1. The summed E-state index contributed by atoms with van der Waals surface area (Å²) in [7, 11) is 1.62. The number of ether oxygens (including phenoxy) is 1. The number of rotatable bonds is 9. The lowest BCUT2D eigenvalue weighted by molar-refractivity contribution is -0.268. The highest BCUT2D eigenvalue weighted by molar-refractivity contribution is 5.84. The molecule has 6 heteroatoms. The van der Waals surface area contributed by atoms with E-state index in [0.717, 1.165) is 34.6 Å². The quantitative estimate of drug-likeness (QED) is 0.685. The number of methoxy groups -OCH3 is 1. The summed E-state index contributed by atoms with van der Waals surface area (Å²) in [5.41, 5.74) is 1.96. The molecule has 144 valence electrons. The maximum absolute atomic E-state index is 12.3. The van der Waals surface area contributed by atoms with Crippen LogP contribution in [0.3, 0.4) is 0 Å². The van der Waals surface area contributed by atoms with E-state index in [-0.39, 0.29) is 12.5 Å². The van der Waals surface area contributed by atoms with Crippen molar-refractivity contribution in [3.8, 4) is 5.75 Å². The summed E-state index contributed by atoms with van der Waals surface area (Å²) >= 11 is 0. The Hall–Kier alpha value is -3.02. The average Bonchev–Trinajstić information content (AvgIpc) is 2.69. The highest BCUT2D eigenvalue weighted by Crippen LogP contribution is 2.12. The SMILES string of the molecule is COc1ccc(CCCNC(=O)C(C)N(Cc2ccccc2)C(=O)[O-])cc1. The number of nitrogens with one attached hydrogen (secondary N) is 1. The van der Waals surface area contributed by atoms with Crippen LogP contribution in [0.2, 0.25) is 0 Å². The van der Waals surface area contributed by atoms with Crippen LogP contribution in [0.1, 0.15) is 24.5 Å². The molecule has 2 aromatic carbocycles. The maximum atomic E-state index is 12.3. The van der Waals surface area contributed by atoms with Gasteiger partial charge in [0.2, 0.25) is 5.91 Å². The van der Waals surface area contributed by atoms with E-state index >= 15 is 0 Å². The van der Waals surface area contributed by atoms with Crippen molar-refractivity contribution in [2.45, 2.75) is 32.4 Å². The van der Waals surface area contributed by atoms with Gasteiger partial charge in [-0.2, -0.15) is 0 Å². The molecule has 2 amide bonds. The topological polar surface area (TPSA) is 81.7 Å². The molecule has 0 radical (unpaired) electrons. The first kappa shape index (κ1) is 20.3. The standard InChI is InChI=1S/C21H26N2O4/c1-16(23(21(25)26)15-18-7-4-3-5-8-18)20(24)22-14-6-9-17-10-12-19(27-2)13-11-17/h3-5,7-8,10-13,16H,6,9,14-15H2,1-2H3,(H,22,24)(H,25,26)/p-1. The lowest BCUT2D eigenvalue weighted by Crippen LogP contribution is -2.52. The molecule has 6 nitrogen and oxygen atoms in total. The van der Waals surface area contributed by atoms with Gasteiger partial charge in [-0.25, -0.2) is 0 Å². The molecule has 27 heavy (non-hydrogen) atoms. The second kappa shape index (κ2) is 10.2. The summed E-state index contributed by atoms with van der Waals surface area (Å²) in [6.07, 6.45) is 0.210. The van der Waals surface area contributed by atoms with Crippen LogP contribution in [-0.4, -0.2) is 36.6 Å². The Bertz CT molecular complexity index is 732. The summed E-state index contributed by atoms with van der Waals surface area (Å²) < 4.78 is 5.12. The summed E-state index contributed by atoms with van der Waals surface area (Å²) in [6, 6.07) is 16.1. The van der Waals surface area contributed by atoms with Crippen molar-refractivity contribution in [2.24, 2.45) is 0 Å². The number of nitrogens with zero attached hydrogens (tertiary/aromatic N) is 1. The van der Waals surface area contributed by atoms with E-state index in [0.29, 0.717) is 6.54 Å². The second-order valence-electron chi connectivity index (χ2n) is 6.30. The minimum Gasteiger partial charge on any atom is -0.530 e. The van der Waals surface area contributed by atoms with Crippen molar-refractivity contribution in [1.29, 1.82) is 0 Å². The van der Waals surface area contributed by atoms with Crippen LogP contribution in [0.25, 0.3) is 0 Å². The molecule has 2 aromatic rings. The summed E-state index contributed by atoms with van der Waals surface area (Å²) in [5.74, 6) is 0.478. The first-order valence-electron chi connectivity index (χ1n) is 8.93. The van der Waals surface area contributed by atoms with Crippen LogP contribution < -0.4 is 15.2 Å². The van der Waals surface area contributed by atoms with E-state index in [1.807, 2.05) is 54.6 Å². The average molecular weight is 369 g/mol. The van der Waals surface area contributed by atoms with E-state index < -0.39 is 12.1 Å². The molecule has 0 saturated carbocycles. The fourth-order valence-electron chi connectivity index (χ4n) is 2.73. The number of carbonyl (C=O) groups excluding carboxylic acids is 2. The Kier molecular flexibility index (Phi) is 7.67. The van der Waals surface area contributed by atoms with Crippen LogP contribution >= 0.6 is 0 Å². The van der Waals surface area contributed by atoms with E-state index in [4.69, 9.17) is 4.74 Å². The third-order valence-corrected chi connectivity index (χ3v) is 4.38. The first-order valence-corrected chi connectivity index (χ1v) is 8.93. The highest BCUT2D eigenvalue weighted by Gasteiger charge is 2.21. The Balaban J connectivity index is 1.81. The predicted octanol–water partition coefficient (Wildman–Crippen LogP) is 1.98. The lowest BCUT2D eigenvalue weighted by Gasteiger charge is -2.30. The highest BCUT2D eigenvalue weighted by atomic mass is 16.5. The molecule has 1 unspecified atom stereocenters. The molecule has 1 atom stereocenters. The Morgan fingerprint density at radius 1 is 1.07 bits per heavy atom. The molecule has 0 spiro atoms. The smallest absolute Gasteiger partial charge is 0.242 e.